The molecule has 1 unspecified atom stereocenters. The molecule has 0 aromatic carbocycles. The first-order chi connectivity index (χ1) is 12.3. The van der Waals surface area contributed by atoms with Gasteiger partial charge in [0.05, 0.1) is 17.6 Å². The van der Waals surface area contributed by atoms with E-state index >= 15 is 0 Å². The number of aryl methyl sites for hydroxylation is 1. The van der Waals surface area contributed by atoms with Gasteiger partial charge in [0.15, 0.2) is 5.65 Å². The number of aromatic nitrogens is 4. The predicted molar refractivity (Wildman–Crippen MR) is 101 cm³/mol. The third-order valence-corrected chi connectivity index (χ3v) is 5.96. The van der Waals surface area contributed by atoms with Gasteiger partial charge in [0.1, 0.15) is 10.7 Å². The van der Waals surface area contributed by atoms with Crippen molar-refractivity contribution in [3.63, 3.8) is 0 Å². The average Bonchev–Trinajstić information content (AvgIpc) is 3.15. The van der Waals surface area contributed by atoms with Gasteiger partial charge in [0.2, 0.25) is 5.82 Å². The highest BCUT2D eigenvalue weighted by atomic mass is 32.1. The molecule has 4 rings (SSSR count). The van der Waals surface area contributed by atoms with Gasteiger partial charge in [-0.05, 0) is 39.7 Å². The van der Waals surface area contributed by atoms with Crippen LogP contribution < -0.4 is 5.32 Å². The van der Waals surface area contributed by atoms with Crippen LogP contribution in [0.1, 0.15) is 61.0 Å². The van der Waals surface area contributed by atoms with E-state index in [-0.39, 0.29) is 23.4 Å². The monoisotopic (exact) mass is 373 g/mol. The van der Waals surface area contributed by atoms with Crippen LogP contribution in [0.15, 0.2) is 0 Å². The number of carbonyl (C=O) groups excluding carboxylic acids is 1. The number of thiophene rings is 1. The standard InChI is InChI=1S/C18H23N5O2S/c1-6-9(2)19-16(24)14-21-15-13-11-7-18(4,5)25-8-12(11)26-17(13)20-10(3)23(15)22-14/h9H,6-8H2,1-5H3,(H,19,24). The first-order valence-electron chi connectivity index (χ1n) is 8.91. The number of hydrogen-bond donors (Lipinski definition) is 1. The van der Waals surface area contributed by atoms with Crippen molar-refractivity contribution in [3.05, 3.63) is 22.1 Å². The molecule has 0 fully saturated rings. The molecule has 8 heteroatoms. The second-order valence-corrected chi connectivity index (χ2v) is 8.61. The summed E-state index contributed by atoms with van der Waals surface area (Å²) in [7, 11) is 0. The van der Waals surface area contributed by atoms with Crippen LogP contribution in [-0.2, 0) is 17.8 Å². The fraction of sp³-hybridized carbons (Fsp3) is 0.556. The maximum atomic E-state index is 12.5. The van der Waals surface area contributed by atoms with Crippen molar-refractivity contribution in [2.75, 3.05) is 0 Å². The second-order valence-electron chi connectivity index (χ2n) is 7.52. The Labute approximate surface area is 155 Å². The Morgan fingerprint density at radius 2 is 2.19 bits per heavy atom. The highest BCUT2D eigenvalue weighted by molar-refractivity contribution is 7.19. The minimum Gasteiger partial charge on any atom is -0.370 e. The number of hydrogen-bond acceptors (Lipinski definition) is 6. The van der Waals surface area contributed by atoms with Crippen LogP contribution in [-0.4, -0.2) is 37.1 Å². The Hall–Kier alpha value is -2.06. The number of fused-ring (bicyclic) bond motifs is 5. The topological polar surface area (TPSA) is 81.4 Å². The maximum absolute atomic E-state index is 12.5. The second kappa shape index (κ2) is 5.99. The SMILES string of the molecule is CCC(C)NC(=O)c1nc2c3c4c(sc3nc(C)n2n1)COC(C)(C)C4. The molecule has 1 aliphatic rings. The van der Waals surface area contributed by atoms with Crippen LogP contribution in [0.4, 0.5) is 0 Å². The molecule has 1 amide bonds. The summed E-state index contributed by atoms with van der Waals surface area (Å²) < 4.78 is 7.62. The van der Waals surface area contributed by atoms with Gasteiger partial charge in [-0.15, -0.1) is 16.4 Å². The number of nitrogens with one attached hydrogen (secondary N) is 1. The summed E-state index contributed by atoms with van der Waals surface area (Å²) in [4.78, 5) is 23.9. The summed E-state index contributed by atoms with van der Waals surface area (Å²) in [5.74, 6) is 0.665. The molecule has 0 bridgehead atoms. The Balaban J connectivity index is 1.89. The lowest BCUT2D eigenvalue weighted by Gasteiger charge is -2.30. The van der Waals surface area contributed by atoms with Crippen LogP contribution >= 0.6 is 11.3 Å². The van der Waals surface area contributed by atoms with Gasteiger partial charge >= 0.3 is 0 Å². The van der Waals surface area contributed by atoms with Gasteiger partial charge in [0, 0.05) is 17.3 Å². The first-order valence-corrected chi connectivity index (χ1v) is 9.73. The van der Waals surface area contributed by atoms with E-state index in [1.54, 1.807) is 15.9 Å². The summed E-state index contributed by atoms with van der Waals surface area (Å²) in [6.45, 7) is 10.7. The zero-order chi connectivity index (χ0) is 18.6. The molecular weight excluding hydrogens is 350 g/mol. The van der Waals surface area contributed by atoms with E-state index in [1.807, 2.05) is 20.8 Å². The summed E-state index contributed by atoms with van der Waals surface area (Å²) in [6.07, 6.45) is 1.65. The highest BCUT2D eigenvalue weighted by Crippen LogP contribution is 2.39. The summed E-state index contributed by atoms with van der Waals surface area (Å²) >= 11 is 1.64. The van der Waals surface area contributed by atoms with Crippen LogP contribution in [0.2, 0.25) is 0 Å². The molecule has 7 nitrogen and oxygen atoms in total. The molecule has 138 valence electrons. The molecule has 0 radical (unpaired) electrons. The fourth-order valence-electron chi connectivity index (χ4n) is 3.23. The molecule has 0 saturated carbocycles. The lowest BCUT2D eigenvalue weighted by atomic mass is 9.94. The molecule has 0 aliphatic carbocycles. The minimum absolute atomic E-state index is 0.0835. The first kappa shape index (κ1) is 17.4. The van der Waals surface area contributed by atoms with Crippen molar-refractivity contribution in [2.45, 2.75) is 65.7 Å². The van der Waals surface area contributed by atoms with E-state index in [4.69, 9.17) is 9.72 Å². The van der Waals surface area contributed by atoms with Gasteiger partial charge in [-0.25, -0.2) is 9.97 Å². The summed E-state index contributed by atoms with van der Waals surface area (Å²) in [6, 6.07) is 0.0835. The number of rotatable bonds is 3. The van der Waals surface area contributed by atoms with Gasteiger partial charge < -0.3 is 10.1 Å². The number of ether oxygens (including phenoxy) is 1. The molecule has 1 N–H and O–H groups in total. The van der Waals surface area contributed by atoms with E-state index < -0.39 is 0 Å². The fourth-order valence-corrected chi connectivity index (χ4v) is 4.37. The molecule has 26 heavy (non-hydrogen) atoms. The number of carbonyl (C=O) groups is 1. The maximum Gasteiger partial charge on any atom is 0.291 e. The zero-order valence-electron chi connectivity index (χ0n) is 15.7. The van der Waals surface area contributed by atoms with Crippen LogP contribution in [0.25, 0.3) is 15.9 Å². The lowest BCUT2D eigenvalue weighted by Crippen LogP contribution is -2.32. The molecule has 3 aromatic heterocycles. The van der Waals surface area contributed by atoms with Crippen LogP contribution in [0.3, 0.4) is 0 Å². The van der Waals surface area contributed by atoms with Crippen molar-refractivity contribution >= 4 is 33.1 Å². The van der Waals surface area contributed by atoms with E-state index in [1.165, 1.54) is 10.4 Å². The molecule has 1 atom stereocenters. The van der Waals surface area contributed by atoms with Gasteiger partial charge in [0.25, 0.3) is 5.91 Å². The van der Waals surface area contributed by atoms with Crippen molar-refractivity contribution in [1.29, 1.82) is 0 Å². The Kier molecular flexibility index (Phi) is 4.00. The van der Waals surface area contributed by atoms with E-state index in [2.05, 4.69) is 29.2 Å². The van der Waals surface area contributed by atoms with Crippen molar-refractivity contribution in [2.24, 2.45) is 0 Å². The van der Waals surface area contributed by atoms with E-state index in [0.29, 0.717) is 12.3 Å². The van der Waals surface area contributed by atoms with Crippen LogP contribution in [0, 0.1) is 6.92 Å². The normalized spacial score (nSPS) is 17.4. The highest BCUT2D eigenvalue weighted by Gasteiger charge is 2.31. The van der Waals surface area contributed by atoms with E-state index in [9.17, 15) is 4.79 Å². The van der Waals surface area contributed by atoms with Gasteiger partial charge in [-0.2, -0.15) is 4.52 Å². The minimum atomic E-state index is -0.247. The summed E-state index contributed by atoms with van der Waals surface area (Å²) in [5, 5.41) is 8.35. The largest absolute Gasteiger partial charge is 0.370 e. The Bertz CT molecular complexity index is 1020. The molecule has 4 heterocycles. The third kappa shape index (κ3) is 2.77. The quantitative estimate of drug-likeness (QED) is 0.763. The summed E-state index contributed by atoms with van der Waals surface area (Å²) in [5.41, 5.74) is 1.71. The smallest absolute Gasteiger partial charge is 0.291 e. The van der Waals surface area contributed by atoms with Gasteiger partial charge in [-0.3, -0.25) is 4.79 Å². The number of nitrogens with zero attached hydrogens (tertiary/aromatic N) is 4. The number of amides is 1. The van der Waals surface area contributed by atoms with Gasteiger partial charge in [-0.1, -0.05) is 6.92 Å². The molecular formula is C18H23N5O2S. The predicted octanol–water partition coefficient (Wildman–Crippen LogP) is 3.03. The van der Waals surface area contributed by atoms with Crippen molar-refractivity contribution in [3.8, 4) is 0 Å². The average molecular weight is 373 g/mol. The molecule has 3 aromatic rings. The molecule has 0 spiro atoms. The molecule has 0 saturated heterocycles. The zero-order valence-corrected chi connectivity index (χ0v) is 16.5. The van der Waals surface area contributed by atoms with Crippen LogP contribution in [0.5, 0.6) is 0 Å². The Morgan fingerprint density at radius 1 is 1.42 bits per heavy atom. The third-order valence-electron chi connectivity index (χ3n) is 4.86. The van der Waals surface area contributed by atoms with E-state index in [0.717, 1.165) is 28.9 Å². The lowest BCUT2D eigenvalue weighted by molar-refractivity contribution is -0.0379. The van der Waals surface area contributed by atoms with Crippen molar-refractivity contribution in [1.82, 2.24) is 24.9 Å². The Morgan fingerprint density at radius 3 is 2.92 bits per heavy atom. The molecule has 1 aliphatic heterocycles. The van der Waals surface area contributed by atoms with Crippen molar-refractivity contribution < 1.29 is 9.53 Å².